The van der Waals surface area contributed by atoms with Crippen molar-refractivity contribution in [1.29, 1.82) is 0 Å². The summed E-state index contributed by atoms with van der Waals surface area (Å²) in [4.78, 5) is 27.0. The summed E-state index contributed by atoms with van der Waals surface area (Å²) in [5.74, 6) is 2.16. The van der Waals surface area contributed by atoms with E-state index in [0.29, 0.717) is 6.42 Å². The summed E-state index contributed by atoms with van der Waals surface area (Å²) in [6.45, 7) is 1.93. The molecule has 3 N–H and O–H groups in total. The van der Waals surface area contributed by atoms with E-state index in [2.05, 4.69) is 21.2 Å². The van der Waals surface area contributed by atoms with Crippen LogP contribution in [0.5, 0.6) is 0 Å². The average molecular weight is 207 g/mol. The molecule has 1 aromatic heterocycles. The fourth-order valence-electron chi connectivity index (χ4n) is 1.16. The van der Waals surface area contributed by atoms with E-state index in [9.17, 15) is 9.59 Å². The molecule has 0 fully saturated rings. The molecule has 0 aliphatic rings. The van der Waals surface area contributed by atoms with E-state index in [0.717, 1.165) is 6.42 Å². The summed E-state index contributed by atoms with van der Waals surface area (Å²) in [6.07, 6.45) is 7.73. The summed E-state index contributed by atoms with van der Waals surface area (Å²) in [5, 5.41) is 2.73. The number of imidazole rings is 1. The van der Waals surface area contributed by atoms with Crippen molar-refractivity contribution in [2.24, 2.45) is 0 Å². The highest BCUT2D eigenvalue weighted by Crippen LogP contribution is 1.98. The summed E-state index contributed by atoms with van der Waals surface area (Å²) in [5.41, 5.74) is -0.180. The van der Waals surface area contributed by atoms with Crippen LogP contribution in [0.25, 0.3) is 0 Å². The molecule has 0 bridgehead atoms. The Hall–Kier alpha value is -1.96. The van der Waals surface area contributed by atoms with Gasteiger partial charge in [-0.25, -0.2) is 4.79 Å². The minimum Gasteiger partial charge on any atom is -0.347 e. The van der Waals surface area contributed by atoms with E-state index < -0.39 is 5.69 Å². The number of aromatic amines is 2. The quantitative estimate of drug-likeness (QED) is 0.618. The first-order valence-electron chi connectivity index (χ1n) is 4.69. The van der Waals surface area contributed by atoms with Gasteiger partial charge in [-0.15, -0.1) is 12.3 Å². The first-order chi connectivity index (χ1) is 7.17. The van der Waals surface area contributed by atoms with Gasteiger partial charge in [0.1, 0.15) is 5.69 Å². The number of aromatic nitrogens is 2. The zero-order valence-corrected chi connectivity index (χ0v) is 8.46. The molecule has 1 unspecified atom stereocenters. The van der Waals surface area contributed by atoms with Crippen LogP contribution in [0.2, 0.25) is 0 Å². The summed E-state index contributed by atoms with van der Waals surface area (Å²) in [7, 11) is 0. The van der Waals surface area contributed by atoms with Crippen LogP contribution < -0.4 is 11.0 Å². The number of carbonyl (C=O) groups excluding carboxylic acids is 1. The predicted molar refractivity (Wildman–Crippen MR) is 56.4 cm³/mol. The van der Waals surface area contributed by atoms with E-state index in [1.807, 2.05) is 6.92 Å². The van der Waals surface area contributed by atoms with Gasteiger partial charge in [0.25, 0.3) is 5.91 Å². The van der Waals surface area contributed by atoms with Gasteiger partial charge in [-0.1, -0.05) is 6.92 Å². The Morgan fingerprint density at radius 2 is 2.47 bits per heavy atom. The van der Waals surface area contributed by atoms with Gasteiger partial charge >= 0.3 is 5.69 Å². The minimum absolute atomic E-state index is 0.0547. The second kappa shape index (κ2) is 5.05. The largest absolute Gasteiger partial charge is 0.347 e. The van der Waals surface area contributed by atoms with Crippen molar-refractivity contribution in [3.63, 3.8) is 0 Å². The molecule has 1 aromatic rings. The lowest BCUT2D eigenvalue weighted by Crippen LogP contribution is -2.34. The fourth-order valence-corrected chi connectivity index (χ4v) is 1.16. The number of carbonyl (C=O) groups is 1. The van der Waals surface area contributed by atoms with Crippen LogP contribution in [0, 0.1) is 12.3 Å². The molecule has 0 spiro atoms. The molecule has 1 amide bonds. The maximum atomic E-state index is 11.5. The Balaban J connectivity index is 2.63. The van der Waals surface area contributed by atoms with Crippen LogP contribution in [0.15, 0.2) is 11.0 Å². The molecule has 1 atom stereocenters. The Kier molecular flexibility index (Phi) is 3.75. The highest BCUT2D eigenvalue weighted by atomic mass is 16.2. The molecular formula is C10H13N3O2. The van der Waals surface area contributed by atoms with E-state index in [1.54, 1.807) is 0 Å². The zero-order valence-electron chi connectivity index (χ0n) is 8.46. The normalized spacial score (nSPS) is 11.7. The molecule has 0 saturated carbocycles. The van der Waals surface area contributed by atoms with E-state index in [4.69, 9.17) is 6.42 Å². The average Bonchev–Trinajstić information content (AvgIpc) is 2.64. The highest BCUT2D eigenvalue weighted by molar-refractivity contribution is 5.92. The molecule has 5 nitrogen and oxygen atoms in total. The van der Waals surface area contributed by atoms with Crippen molar-refractivity contribution in [2.75, 3.05) is 0 Å². The highest BCUT2D eigenvalue weighted by Gasteiger charge is 2.12. The number of nitrogens with one attached hydrogen (secondary N) is 3. The van der Waals surface area contributed by atoms with Crippen molar-refractivity contribution in [1.82, 2.24) is 15.3 Å². The van der Waals surface area contributed by atoms with Gasteiger partial charge in [0.15, 0.2) is 0 Å². The van der Waals surface area contributed by atoms with Crippen molar-refractivity contribution < 1.29 is 4.79 Å². The SMILES string of the molecule is C#CCC(CC)NC(=O)c1c[nH]c(=O)[nH]1. The Bertz CT molecular complexity index is 424. The molecule has 1 heterocycles. The molecule has 1 rings (SSSR count). The van der Waals surface area contributed by atoms with Crippen LogP contribution >= 0.6 is 0 Å². The summed E-state index contributed by atoms with van der Waals surface area (Å²) >= 11 is 0. The van der Waals surface area contributed by atoms with Gasteiger partial charge < -0.3 is 15.3 Å². The first-order valence-corrected chi connectivity index (χ1v) is 4.69. The van der Waals surface area contributed by atoms with Gasteiger partial charge in [0, 0.05) is 18.7 Å². The maximum Gasteiger partial charge on any atom is 0.323 e. The smallest absolute Gasteiger partial charge is 0.323 e. The lowest BCUT2D eigenvalue weighted by atomic mass is 10.1. The molecule has 0 aliphatic heterocycles. The van der Waals surface area contributed by atoms with Gasteiger partial charge in [-0.2, -0.15) is 0 Å². The molecular weight excluding hydrogens is 194 g/mol. The molecule has 0 aromatic carbocycles. The minimum atomic E-state index is -0.398. The van der Waals surface area contributed by atoms with Crippen molar-refractivity contribution in [3.05, 3.63) is 22.4 Å². The van der Waals surface area contributed by atoms with Crippen LogP contribution in [0.4, 0.5) is 0 Å². The number of hydrogen-bond acceptors (Lipinski definition) is 2. The standard InChI is InChI=1S/C10H13N3O2/c1-3-5-7(4-2)12-9(14)8-6-11-10(15)13-8/h1,6-7H,4-5H2,2H3,(H,12,14)(H2,11,13,15). The topological polar surface area (TPSA) is 77.8 Å². The molecule has 0 radical (unpaired) electrons. The van der Waals surface area contributed by atoms with E-state index in [1.165, 1.54) is 6.20 Å². The third kappa shape index (κ3) is 3.02. The number of hydrogen-bond donors (Lipinski definition) is 3. The van der Waals surface area contributed by atoms with Gasteiger partial charge in [0.2, 0.25) is 0 Å². The van der Waals surface area contributed by atoms with Gasteiger partial charge in [-0.3, -0.25) is 4.79 Å². The Morgan fingerprint density at radius 3 is 2.93 bits per heavy atom. The Morgan fingerprint density at radius 1 is 1.73 bits per heavy atom. The maximum absolute atomic E-state index is 11.5. The first kappa shape index (κ1) is 11.1. The lowest BCUT2D eigenvalue weighted by molar-refractivity contribution is 0.0932. The van der Waals surface area contributed by atoms with Gasteiger partial charge in [-0.05, 0) is 6.42 Å². The Labute approximate surface area is 87.3 Å². The number of terminal acetylenes is 1. The third-order valence-electron chi connectivity index (χ3n) is 2.03. The van der Waals surface area contributed by atoms with Crippen LogP contribution in [-0.2, 0) is 0 Å². The van der Waals surface area contributed by atoms with E-state index in [-0.39, 0.29) is 17.6 Å². The van der Waals surface area contributed by atoms with E-state index >= 15 is 0 Å². The van der Waals surface area contributed by atoms with Crippen LogP contribution in [0.3, 0.4) is 0 Å². The van der Waals surface area contributed by atoms with Crippen molar-refractivity contribution in [3.8, 4) is 12.3 Å². The zero-order chi connectivity index (χ0) is 11.3. The monoisotopic (exact) mass is 207 g/mol. The molecule has 80 valence electrons. The number of rotatable bonds is 4. The second-order valence-electron chi connectivity index (χ2n) is 3.14. The lowest BCUT2D eigenvalue weighted by Gasteiger charge is -2.12. The van der Waals surface area contributed by atoms with Crippen molar-refractivity contribution in [2.45, 2.75) is 25.8 Å². The van der Waals surface area contributed by atoms with Crippen LogP contribution in [0.1, 0.15) is 30.3 Å². The molecule has 0 aliphatic carbocycles. The fraction of sp³-hybridized carbons (Fsp3) is 0.400. The molecule has 5 heteroatoms. The van der Waals surface area contributed by atoms with Crippen LogP contribution in [-0.4, -0.2) is 21.9 Å². The molecule has 15 heavy (non-hydrogen) atoms. The second-order valence-corrected chi connectivity index (χ2v) is 3.14. The third-order valence-corrected chi connectivity index (χ3v) is 2.03. The van der Waals surface area contributed by atoms with Crippen molar-refractivity contribution >= 4 is 5.91 Å². The summed E-state index contributed by atoms with van der Waals surface area (Å²) in [6, 6.07) is -0.0547. The number of H-pyrrole nitrogens is 2. The summed E-state index contributed by atoms with van der Waals surface area (Å²) < 4.78 is 0. The predicted octanol–water partition coefficient (Wildman–Crippen LogP) is 0.235. The van der Waals surface area contributed by atoms with Gasteiger partial charge in [0.05, 0.1) is 0 Å². The number of amides is 1. The molecule has 0 saturated heterocycles.